The van der Waals surface area contributed by atoms with Gasteiger partial charge in [-0.2, -0.15) is 0 Å². The van der Waals surface area contributed by atoms with Crippen LogP contribution in [0.15, 0.2) is 0 Å². The minimum Gasteiger partial charge on any atom is -0.355 e. The third-order valence-electron chi connectivity index (χ3n) is 3.56. The van der Waals surface area contributed by atoms with Crippen molar-refractivity contribution in [1.82, 2.24) is 10.6 Å². The molecule has 0 radical (unpaired) electrons. The summed E-state index contributed by atoms with van der Waals surface area (Å²) in [5.41, 5.74) is 0. The Bertz CT molecular complexity index is 212. The Morgan fingerprint density at radius 2 is 1.94 bits per heavy atom. The molecule has 2 atom stereocenters. The molecule has 2 N–H and O–H groups in total. The highest BCUT2D eigenvalue weighted by atomic mass is 16.2. The molecule has 1 rings (SSSR count). The van der Waals surface area contributed by atoms with Crippen molar-refractivity contribution in [1.29, 1.82) is 0 Å². The van der Waals surface area contributed by atoms with Crippen LogP contribution in [0.25, 0.3) is 0 Å². The normalized spacial score (nSPS) is 20.7. The molecule has 0 saturated heterocycles. The summed E-state index contributed by atoms with van der Waals surface area (Å²) < 4.78 is 0. The van der Waals surface area contributed by atoms with Gasteiger partial charge < -0.3 is 10.6 Å². The monoisotopic (exact) mass is 226 g/mol. The molecule has 1 amide bonds. The van der Waals surface area contributed by atoms with Gasteiger partial charge in [0.1, 0.15) is 0 Å². The first-order valence-electron chi connectivity index (χ1n) is 6.69. The van der Waals surface area contributed by atoms with Crippen LogP contribution in [0.5, 0.6) is 0 Å². The topological polar surface area (TPSA) is 41.1 Å². The number of carbonyl (C=O) groups excluding carboxylic acids is 1. The van der Waals surface area contributed by atoms with E-state index in [1.807, 2.05) is 6.92 Å². The average Bonchev–Trinajstić information content (AvgIpc) is 2.79. The van der Waals surface area contributed by atoms with Crippen LogP contribution >= 0.6 is 0 Å². The molecule has 0 aromatic rings. The summed E-state index contributed by atoms with van der Waals surface area (Å²) in [6.45, 7) is 7.01. The second-order valence-corrected chi connectivity index (χ2v) is 5.01. The maximum absolute atomic E-state index is 11.7. The molecule has 1 fully saturated rings. The van der Waals surface area contributed by atoms with Crippen molar-refractivity contribution in [3.05, 3.63) is 0 Å². The van der Waals surface area contributed by atoms with Gasteiger partial charge in [-0.25, -0.2) is 0 Å². The summed E-state index contributed by atoms with van der Waals surface area (Å²) in [5.74, 6) is 0.896. The lowest BCUT2D eigenvalue weighted by Gasteiger charge is -2.24. The van der Waals surface area contributed by atoms with Gasteiger partial charge in [0.15, 0.2) is 0 Å². The van der Waals surface area contributed by atoms with Crippen LogP contribution in [0.2, 0.25) is 0 Å². The highest BCUT2D eigenvalue weighted by Crippen LogP contribution is 2.27. The van der Waals surface area contributed by atoms with Crippen molar-refractivity contribution >= 4 is 5.91 Å². The molecule has 0 spiro atoms. The van der Waals surface area contributed by atoms with Crippen LogP contribution in [0.3, 0.4) is 0 Å². The molecule has 0 aliphatic heterocycles. The zero-order valence-electron chi connectivity index (χ0n) is 10.9. The molecule has 0 heterocycles. The van der Waals surface area contributed by atoms with Crippen LogP contribution in [-0.2, 0) is 4.79 Å². The fourth-order valence-corrected chi connectivity index (χ4v) is 2.46. The number of rotatable bonds is 6. The lowest BCUT2D eigenvalue weighted by atomic mass is 9.99. The molecule has 94 valence electrons. The Hall–Kier alpha value is -0.570. The fourth-order valence-electron chi connectivity index (χ4n) is 2.46. The molecule has 1 aliphatic carbocycles. The summed E-state index contributed by atoms with van der Waals surface area (Å²) >= 11 is 0. The van der Waals surface area contributed by atoms with E-state index in [4.69, 9.17) is 0 Å². The van der Waals surface area contributed by atoms with Crippen LogP contribution in [0, 0.1) is 5.92 Å². The quantitative estimate of drug-likeness (QED) is 0.728. The molecule has 0 aromatic heterocycles. The highest BCUT2D eigenvalue weighted by Gasteiger charge is 2.24. The number of hydrogen-bond donors (Lipinski definition) is 2. The maximum Gasteiger partial charge on any atom is 0.236 e. The Labute approximate surface area is 99.4 Å². The number of hydrogen-bond acceptors (Lipinski definition) is 2. The molecule has 16 heavy (non-hydrogen) atoms. The highest BCUT2D eigenvalue weighted by molar-refractivity contribution is 5.81. The van der Waals surface area contributed by atoms with E-state index in [1.54, 1.807) is 0 Å². The zero-order chi connectivity index (χ0) is 12.0. The number of nitrogens with one attached hydrogen (secondary N) is 2. The van der Waals surface area contributed by atoms with Gasteiger partial charge in [0.05, 0.1) is 6.04 Å². The van der Waals surface area contributed by atoms with Gasteiger partial charge in [0, 0.05) is 12.6 Å². The molecule has 3 heteroatoms. The molecule has 1 aliphatic rings. The van der Waals surface area contributed by atoms with Crippen molar-refractivity contribution in [3.63, 3.8) is 0 Å². The van der Waals surface area contributed by atoms with Crippen molar-refractivity contribution in [2.24, 2.45) is 5.92 Å². The summed E-state index contributed by atoms with van der Waals surface area (Å²) in [4.78, 5) is 11.7. The van der Waals surface area contributed by atoms with E-state index < -0.39 is 0 Å². The molecule has 1 saturated carbocycles. The Morgan fingerprint density at radius 1 is 1.31 bits per heavy atom. The summed E-state index contributed by atoms with van der Waals surface area (Å²) in [5, 5.41) is 6.35. The standard InChI is InChI=1S/C13H26N2O/c1-4-9-14-13(16)11(3)15-10(2)12-7-5-6-8-12/h10-12,15H,4-9H2,1-3H3,(H,14,16)/t10-,11?/m0/s1. The first kappa shape index (κ1) is 13.5. The molecular formula is C13H26N2O. The lowest BCUT2D eigenvalue weighted by molar-refractivity contribution is -0.123. The van der Waals surface area contributed by atoms with Crippen molar-refractivity contribution in [2.45, 2.75) is 65.0 Å². The van der Waals surface area contributed by atoms with Crippen molar-refractivity contribution in [3.8, 4) is 0 Å². The van der Waals surface area contributed by atoms with E-state index in [-0.39, 0.29) is 11.9 Å². The molecule has 3 nitrogen and oxygen atoms in total. The number of amides is 1. The minimum absolute atomic E-state index is 0.0675. The van der Waals surface area contributed by atoms with Crippen LogP contribution in [-0.4, -0.2) is 24.5 Å². The Morgan fingerprint density at radius 3 is 2.50 bits per heavy atom. The zero-order valence-corrected chi connectivity index (χ0v) is 10.9. The van der Waals surface area contributed by atoms with E-state index in [9.17, 15) is 4.79 Å². The summed E-state index contributed by atoms with van der Waals surface area (Å²) in [6.07, 6.45) is 6.34. The second kappa shape index (κ2) is 6.89. The second-order valence-electron chi connectivity index (χ2n) is 5.01. The Balaban J connectivity index is 2.26. The van der Waals surface area contributed by atoms with Gasteiger partial charge in [-0.05, 0) is 39.0 Å². The molecular weight excluding hydrogens is 200 g/mol. The third-order valence-corrected chi connectivity index (χ3v) is 3.56. The van der Waals surface area contributed by atoms with Crippen LogP contribution < -0.4 is 10.6 Å². The maximum atomic E-state index is 11.7. The summed E-state index contributed by atoms with van der Waals surface area (Å²) in [7, 11) is 0. The van der Waals surface area contributed by atoms with Crippen molar-refractivity contribution < 1.29 is 4.79 Å². The molecule has 0 aromatic carbocycles. The molecule has 0 bridgehead atoms. The van der Waals surface area contributed by atoms with Gasteiger partial charge in [0.25, 0.3) is 0 Å². The van der Waals surface area contributed by atoms with Gasteiger partial charge >= 0.3 is 0 Å². The van der Waals surface area contributed by atoms with E-state index >= 15 is 0 Å². The van der Waals surface area contributed by atoms with Gasteiger partial charge in [0.2, 0.25) is 5.91 Å². The van der Waals surface area contributed by atoms with Gasteiger partial charge in [-0.15, -0.1) is 0 Å². The van der Waals surface area contributed by atoms with Crippen LogP contribution in [0.1, 0.15) is 52.9 Å². The fraction of sp³-hybridized carbons (Fsp3) is 0.923. The molecule has 1 unspecified atom stereocenters. The van der Waals surface area contributed by atoms with Gasteiger partial charge in [-0.3, -0.25) is 4.79 Å². The lowest BCUT2D eigenvalue weighted by Crippen LogP contribution is -2.47. The first-order valence-corrected chi connectivity index (χ1v) is 6.69. The minimum atomic E-state index is -0.0675. The van der Waals surface area contributed by atoms with Crippen molar-refractivity contribution in [2.75, 3.05) is 6.54 Å². The van der Waals surface area contributed by atoms with E-state index in [2.05, 4.69) is 24.5 Å². The predicted molar refractivity (Wildman–Crippen MR) is 67.3 cm³/mol. The largest absolute Gasteiger partial charge is 0.355 e. The van der Waals surface area contributed by atoms with Crippen LogP contribution in [0.4, 0.5) is 0 Å². The SMILES string of the molecule is CCCNC(=O)C(C)N[C@@H](C)C1CCCC1. The van der Waals surface area contributed by atoms with E-state index in [1.165, 1.54) is 25.7 Å². The van der Waals surface area contributed by atoms with E-state index in [0.29, 0.717) is 6.04 Å². The average molecular weight is 226 g/mol. The Kier molecular flexibility index (Phi) is 5.81. The van der Waals surface area contributed by atoms with Gasteiger partial charge in [-0.1, -0.05) is 19.8 Å². The number of carbonyl (C=O) groups is 1. The predicted octanol–water partition coefficient (Wildman–Crippen LogP) is 2.07. The third kappa shape index (κ3) is 4.12. The first-order chi connectivity index (χ1) is 7.65. The summed E-state index contributed by atoms with van der Waals surface area (Å²) in [6, 6.07) is 0.395. The van der Waals surface area contributed by atoms with E-state index in [0.717, 1.165) is 18.9 Å². The smallest absolute Gasteiger partial charge is 0.236 e.